The van der Waals surface area contributed by atoms with Crippen LogP contribution in [0.2, 0.25) is 0 Å². The number of rotatable bonds is 0. The Labute approximate surface area is 86.3 Å². The normalized spacial score (nSPS) is 60.8. The van der Waals surface area contributed by atoms with Crippen LogP contribution < -0.4 is 0 Å². The van der Waals surface area contributed by atoms with Crippen molar-refractivity contribution < 1.29 is 4.79 Å². The molecule has 0 aliphatic heterocycles. The number of hydrogen-bond donors (Lipinski definition) is 0. The van der Waals surface area contributed by atoms with Crippen molar-refractivity contribution in [1.82, 2.24) is 0 Å². The van der Waals surface area contributed by atoms with Gasteiger partial charge in [-0.2, -0.15) is 0 Å². The first-order chi connectivity index (χ1) is 6.46. The van der Waals surface area contributed by atoms with Crippen molar-refractivity contribution in [1.29, 1.82) is 0 Å². The Hall–Kier alpha value is -0.330. The molecule has 3 saturated carbocycles. The Morgan fingerprint density at radius 3 is 2.71 bits per heavy atom. The van der Waals surface area contributed by atoms with Crippen LogP contribution in [-0.4, -0.2) is 5.78 Å². The van der Waals surface area contributed by atoms with Gasteiger partial charge in [-0.15, -0.1) is 0 Å². The van der Waals surface area contributed by atoms with E-state index in [0.29, 0.717) is 16.6 Å². The molecule has 1 heteroatoms. The summed E-state index contributed by atoms with van der Waals surface area (Å²) in [6.07, 6.45) is 5.85. The van der Waals surface area contributed by atoms with Crippen LogP contribution in [0.15, 0.2) is 0 Å². The summed E-state index contributed by atoms with van der Waals surface area (Å²) in [4.78, 5) is 11.9. The molecule has 0 bridgehead atoms. The lowest BCUT2D eigenvalue weighted by molar-refractivity contribution is -0.130. The van der Waals surface area contributed by atoms with E-state index in [1.165, 1.54) is 19.3 Å². The largest absolute Gasteiger partial charge is 0.299 e. The fourth-order valence-corrected chi connectivity index (χ4v) is 4.79. The van der Waals surface area contributed by atoms with Crippen LogP contribution in [0.3, 0.4) is 0 Å². The van der Waals surface area contributed by atoms with Gasteiger partial charge in [0.05, 0.1) is 0 Å². The highest BCUT2D eigenvalue weighted by molar-refractivity contribution is 5.90. The summed E-state index contributed by atoms with van der Waals surface area (Å²) in [7, 11) is 0. The minimum atomic E-state index is 0.0881. The van der Waals surface area contributed by atoms with Crippen molar-refractivity contribution in [3.8, 4) is 0 Å². The van der Waals surface area contributed by atoms with E-state index < -0.39 is 0 Å². The van der Waals surface area contributed by atoms with Gasteiger partial charge in [-0.1, -0.05) is 20.8 Å². The van der Waals surface area contributed by atoms with E-state index in [9.17, 15) is 4.79 Å². The average molecular weight is 192 g/mol. The Bertz CT molecular complexity index is 321. The first-order valence-electron chi connectivity index (χ1n) is 6.00. The van der Waals surface area contributed by atoms with E-state index in [-0.39, 0.29) is 5.41 Å². The molecule has 4 atom stereocenters. The molecule has 0 radical (unpaired) electrons. The quantitative estimate of drug-likeness (QED) is 0.576. The van der Waals surface area contributed by atoms with Gasteiger partial charge in [-0.05, 0) is 42.4 Å². The van der Waals surface area contributed by atoms with Crippen molar-refractivity contribution in [3.05, 3.63) is 0 Å². The van der Waals surface area contributed by atoms with Gasteiger partial charge in [0, 0.05) is 11.8 Å². The van der Waals surface area contributed by atoms with Gasteiger partial charge in [-0.25, -0.2) is 0 Å². The Morgan fingerprint density at radius 2 is 2.00 bits per heavy atom. The van der Waals surface area contributed by atoms with E-state index in [4.69, 9.17) is 0 Å². The van der Waals surface area contributed by atoms with Crippen LogP contribution in [-0.2, 0) is 4.79 Å². The molecule has 3 aliphatic carbocycles. The molecular formula is C13H20O. The fraction of sp³-hybridized carbons (Fsp3) is 0.923. The van der Waals surface area contributed by atoms with Gasteiger partial charge in [-0.3, -0.25) is 4.79 Å². The van der Waals surface area contributed by atoms with Crippen LogP contribution in [0.25, 0.3) is 0 Å². The molecular weight excluding hydrogens is 172 g/mol. The lowest BCUT2D eigenvalue weighted by Crippen LogP contribution is -2.39. The van der Waals surface area contributed by atoms with E-state index >= 15 is 0 Å². The predicted molar refractivity (Wildman–Crippen MR) is 55.9 cm³/mol. The molecule has 3 aliphatic rings. The third-order valence-corrected chi connectivity index (χ3v) is 6.26. The Morgan fingerprint density at radius 1 is 1.29 bits per heavy atom. The molecule has 0 N–H and O–H groups in total. The zero-order valence-electron chi connectivity index (χ0n) is 9.52. The molecule has 3 fully saturated rings. The minimum Gasteiger partial charge on any atom is -0.299 e. The molecule has 0 aromatic rings. The molecule has 0 saturated heterocycles. The summed E-state index contributed by atoms with van der Waals surface area (Å²) in [5.74, 6) is 1.39. The monoisotopic (exact) mass is 192 g/mol. The van der Waals surface area contributed by atoms with Crippen molar-refractivity contribution >= 4 is 5.78 Å². The molecule has 0 heterocycles. The molecule has 0 aromatic heterocycles. The van der Waals surface area contributed by atoms with E-state index in [0.717, 1.165) is 18.8 Å². The van der Waals surface area contributed by atoms with Crippen molar-refractivity contribution in [2.45, 2.75) is 52.9 Å². The van der Waals surface area contributed by atoms with Crippen LogP contribution in [0.5, 0.6) is 0 Å². The summed E-state index contributed by atoms with van der Waals surface area (Å²) in [6.45, 7) is 7.07. The average Bonchev–Trinajstić information content (AvgIpc) is 2.71. The smallest absolute Gasteiger partial charge is 0.139 e. The van der Waals surface area contributed by atoms with Gasteiger partial charge in [0.25, 0.3) is 0 Å². The summed E-state index contributed by atoms with van der Waals surface area (Å²) < 4.78 is 0. The first kappa shape index (κ1) is 8.94. The second kappa shape index (κ2) is 2.10. The highest BCUT2D eigenvalue weighted by atomic mass is 16.1. The van der Waals surface area contributed by atoms with Crippen LogP contribution >= 0.6 is 0 Å². The summed E-state index contributed by atoms with van der Waals surface area (Å²) in [5, 5.41) is 0. The van der Waals surface area contributed by atoms with Crippen molar-refractivity contribution in [3.63, 3.8) is 0 Å². The third-order valence-electron chi connectivity index (χ3n) is 6.26. The maximum atomic E-state index is 11.9. The van der Waals surface area contributed by atoms with E-state index in [1.807, 2.05) is 0 Å². The molecule has 14 heavy (non-hydrogen) atoms. The molecule has 1 spiro atoms. The highest BCUT2D eigenvalue weighted by Gasteiger charge is 2.78. The molecule has 0 amide bonds. The first-order valence-corrected chi connectivity index (χ1v) is 6.00. The molecule has 0 aromatic carbocycles. The predicted octanol–water partition coefficient (Wildman–Crippen LogP) is 3.18. The number of hydrogen-bond acceptors (Lipinski definition) is 1. The molecule has 78 valence electrons. The highest BCUT2D eigenvalue weighted by Crippen LogP contribution is 2.82. The maximum Gasteiger partial charge on any atom is 0.139 e. The second-order valence-corrected chi connectivity index (χ2v) is 6.37. The Kier molecular flexibility index (Phi) is 1.34. The molecule has 1 nitrogen and oxygen atoms in total. The van der Waals surface area contributed by atoms with Gasteiger partial charge in [0.2, 0.25) is 0 Å². The van der Waals surface area contributed by atoms with E-state index in [2.05, 4.69) is 20.8 Å². The standard InChI is InChI=1S/C13H20O/c1-9-4-7-13-8-12(13,3)10(14)5-6-11(9,13)2/h9H,4-8H2,1-3H3/t9-,11+,12-,13+/m1/s1. The summed E-state index contributed by atoms with van der Waals surface area (Å²) in [6, 6.07) is 0. The van der Waals surface area contributed by atoms with E-state index in [1.54, 1.807) is 0 Å². The molecule has 3 rings (SSSR count). The summed E-state index contributed by atoms with van der Waals surface area (Å²) in [5.41, 5.74) is 0.995. The zero-order valence-corrected chi connectivity index (χ0v) is 9.52. The topological polar surface area (TPSA) is 17.1 Å². The fourth-order valence-electron chi connectivity index (χ4n) is 4.79. The minimum absolute atomic E-state index is 0.0881. The number of carbonyl (C=O) groups excluding carboxylic acids is 1. The number of carbonyl (C=O) groups is 1. The van der Waals surface area contributed by atoms with Gasteiger partial charge in [0.1, 0.15) is 5.78 Å². The molecule has 0 unspecified atom stereocenters. The number of ketones is 1. The van der Waals surface area contributed by atoms with Crippen LogP contribution in [0.1, 0.15) is 52.9 Å². The lowest BCUT2D eigenvalue weighted by atomic mass is 9.61. The number of Topliss-reactive ketones (excluding diaryl/α,β-unsaturated/α-hetero) is 1. The van der Waals surface area contributed by atoms with Crippen LogP contribution in [0, 0.1) is 22.2 Å². The SMILES string of the molecule is C[C@@H]1CC[C@@]23C[C@]2(C)C(=O)CC[C@@]13C. The zero-order chi connectivity index (χ0) is 10.2. The van der Waals surface area contributed by atoms with Crippen molar-refractivity contribution in [2.24, 2.45) is 22.2 Å². The van der Waals surface area contributed by atoms with Gasteiger partial charge < -0.3 is 0 Å². The van der Waals surface area contributed by atoms with Gasteiger partial charge >= 0.3 is 0 Å². The van der Waals surface area contributed by atoms with Crippen LogP contribution in [0.4, 0.5) is 0 Å². The summed E-state index contributed by atoms with van der Waals surface area (Å²) >= 11 is 0. The maximum absolute atomic E-state index is 11.9. The van der Waals surface area contributed by atoms with Crippen molar-refractivity contribution in [2.75, 3.05) is 0 Å². The Balaban J connectivity index is 2.08. The third kappa shape index (κ3) is 0.637. The second-order valence-electron chi connectivity index (χ2n) is 6.37. The van der Waals surface area contributed by atoms with Gasteiger partial charge in [0.15, 0.2) is 0 Å². The lowest BCUT2D eigenvalue weighted by Gasteiger charge is -2.42.